The number of rotatable bonds is 2. The van der Waals surface area contributed by atoms with Gasteiger partial charge in [-0.25, -0.2) is 0 Å². The Morgan fingerprint density at radius 1 is 1.35 bits per heavy atom. The molecule has 0 spiro atoms. The molecule has 90 valence electrons. The highest BCUT2D eigenvalue weighted by atomic mass is 32.2. The van der Waals surface area contributed by atoms with E-state index in [1.54, 1.807) is 0 Å². The second-order valence-electron chi connectivity index (χ2n) is 4.67. The summed E-state index contributed by atoms with van der Waals surface area (Å²) in [6.45, 7) is 2.23. The molecule has 1 aliphatic rings. The summed E-state index contributed by atoms with van der Waals surface area (Å²) in [5.74, 6) is 0.552. The maximum atomic E-state index is 6.05. The number of nitrogens with two attached hydrogens (primary N) is 1. The van der Waals surface area contributed by atoms with Gasteiger partial charge in [0.15, 0.2) is 10.8 Å². The summed E-state index contributed by atoms with van der Waals surface area (Å²) in [4.78, 5) is 0. The van der Waals surface area contributed by atoms with Crippen LogP contribution in [0.15, 0.2) is 29.6 Å². The molecule has 0 bridgehead atoms. The van der Waals surface area contributed by atoms with E-state index < -0.39 is 0 Å². The second-order valence-corrected chi connectivity index (χ2v) is 5.87. The normalized spacial score (nSPS) is 28.9. The quantitative estimate of drug-likeness (QED) is 0.882. The van der Waals surface area contributed by atoms with Crippen LogP contribution in [-0.2, 0) is 0 Å². The molecule has 3 atom stereocenters. The molecule has 5 heteroatoms. The van der Waals surface area contributed by atoms with Crippen LogP contribution in [0.5, 0.6) is 0 Å². The van der Waals surface area contributed by atoms with Crippen molar-refractivity contribution in [3.05, 3.63) is 24.4 Å². The molecular weight excluding hydrogens is 232 g/mol. The largest absolute Gasteiger partial charge is 0.327 e. The summed E-state index contributed by atoms with van der Waals surface area (Å²) in [5, 5.41) is 9.96. The average Bonchev–Trinajstić information content (AvgIpc) is 2.89. The molecule has 0 aliphatic heterocycles. The van der Waals surface area contributed by atoms with Crippen molar-refractivity contribution in [3.8, 4) is 0 Å². The molecule has 0 radical (unpaired) electrons. The van der Waals surface area contributed by atoms with E-state index in [-0.39, 0.29) is 0 Å². The predicted molar refractivity (Wildman–Crippen MR) is 69.0 cm³/mol. The first-order chi connectivity index (χ1) is 8.25. The standard InChI is InChI=1S/C12H16N4S/c1-8-9(13)5-6-10(8)17-12-15-14-11-4-2-3-7-16(11)12/h2-4,7-10H,5-6,13H2,1H3. The third-order valence-corrected chi connectivity index (χ3v) is 5.04. The summed E-state index contributed by atoms with van der Waals surface area (Å²) in [5.41, 5.74) is 6.96. The molecule has 2 aromatic rings. The number of hydrogen-bond donors (Lipinski definition) is 1. The van der Waals surface area contributed by atoms with Crippen LogP contribution in [0.1, 0.15) is 19.8 Å². The molecule has 4 nitrogen and oxygen atoms in total. The Hall–Kier alpha value is -1.07. The van der Waals surface area contributed by atoms with Gasteiger partial charge in [-0.05, 0) is 30.9 Å². The maximum Gasteiger partial charge on any atom is 0.195 e. The maximum absolute atomic E-state index is 6.05. The lowest BCUT2D eigenvalue weighted by Gasteiger charge is -2.16. The van der Waals surface area contributed by atoms with Crippen molar-refractivity contribution < 1.29 is 0 Å². The molecule has 3 unspecified atom stereocenters. The lowest BCUT2D eigenvalue weighted by molar-refractivity contribution is 0.534. The third kappa shape index (κ3) is 1.93. The molecule has 0 aromatic carbocycles. The molecular formula is C12H16N4S. The third-order valence-electron chi connectivity index (χ3n) is 3.59. The topological polar surface area (TPSA) is 56.2 Å². The molecule has 0 amide bonds. The van der Waals surface area contributed by atoms with Gasteiger partial charge in [-0.2, -0.15) is 0 Å². The van der Waals surface area contributed by atoms with Crippen LogP contribution >= 0.6 is 11.8 Å². The Morgan fingerprint density at radius 3 is 3.00 bits per heavy atom. The molecule has 2 N–H and O–H groups in total. The van der Waals surface area contributed by atoms with Gasteiger partial charge in [-0.3, -0.25) is 4.40 Å². The number of fused-ring (bicyclic) bond motifs is 1. The van der Waals surface area contributed by atoms with E-state index in [9.17, 15) is 0 Å². The van der Waals surface area contributed by atoms with Crippen LogP contribution in [0.2, 0.25) is 0 Å². The van der Waals surface area contributed by atoms with Crippen LogP contribution in [0.3, 0.4) is 0 Å². The second kappa shape index (κ2) is 4.31. The van der Waals surface area contributed by atoms with Crippen LogP contribution in [-0.4, -0.2) is 25.9 Å². The van der Waals surface area contributed by atoms with Crippen molar-refractivity contribution in [3.63, 3.8) is 0 Å². The first kappa shape index (κ1) is 11.0. The van der Waals surface area contributed by atoms with Crippen molar-refractivity contribution in [1.29, 1.82) is 0 Å². The van der Waals surface area contributed by atoms with Crippen molar-refractivity contribution >= 4 is 17.4 Å². The van der Waals surface area contributed by atoms with Crippen LogP contribution in [0.25, 0.3) is 5.65 Å². The molecule has 1 aliphatic carbocycles. The minimum absolute atomic E-state index is 0.340. The van der Waals surface area contributed by atoms with Crippen LogP contribution in [0, 0.1) is 5.92 Å². The highest BCUT2D eigenvalue weighted by Crippen LogP contribution is 2.37. The van der Waals surface area contributed by atoms with Gasteiger partial charge in [0.2, 0.25) is 0 Å². The van der Waals surface area contributed by atoms with E-state index in [0.29, 0.717) is 17.2 Å². The van der Waals surface area contributed by atoms with Crippen LogP contribution < -0.4 is 5.73 Å². The van der Waals surface area contributed by atoms with Gasteiger partial charge in [-0.15, -0.1) is 10.2 Å². The van der Waals surface area contributed by atoms with Crippen molar-refractivity contribution in [2.45, 2.75) is 36.2 Å². The zero-order valence-electron chi connectivity index (χ0n) is 9.78. The van der Waals surface area contributed by atoms with Crippen molar-refractivity contribution in [2.24, 2.45) is 11.7 Å². The Labute approximate surface area is 105 Å². The fraction of sp³-hybridized carbons (Fsp3) is 0.500. The average molecular weight is 248 g/mol. The van der Waals surface area contributed by atoms with Crippen molar-refractivity contribution in [1.82, 2.24) is 14.6 Å². The van der Waals surface area contributed by atoms with Gasteiger partial charge in [-0.1, -0.05) is 24.8 Å². The SMILES string of the molecule is CC1C(N)CCC1Sc1nnc2ccccn12. The fourth-order valence-electron chi connectivity index (χ4n) is 2.36. The van der Waals surface area contributed by atoms with Gasteiger partial charge in [0.1, 0.15) is 0 Å². The zero-order valence-corrected chi connectivity index (χ0v) is 10.6. The van der Waals surface area contributed by atoms with E-state index in [2.05, 4.69) is 17.1 Å². The lowest BCUT2D eigenvalue weighted by Crippen LogP contribution is -2.26. The molecule has 1 saturated carbocycles. The Kier molecular flexibility index (Phi) is 2.80. The minimum Gasteiger partial charge on any atom is -0.327 e. The lowest BCUT2D eigenvalue weighted by atomic mass is 10.1. The van der Waals surface area contributed by atoms with Gasteiger partial charge in [0, 0.05) is 17.5 Å². The monoisotopic (exact) mass is 248 g/mol. The smallest absolute Gasteiger partial charge is 0.195 e. The molecule has 2 heterocycles. The molecule has 0 saturated heterocycles. The Bertz CT molecular complexity index is 524. The van der Waals surface area contributed by atoms with E-state index in [4.69, 9.17) is 5.73 Å². The molecule has 2 aromatic heterocycles. The molecule has 3 rings (SSSR count). The number of aromatic nitrogens is 3. The van der Waals surface area contributed by atoms with Gasteiger partial charge in [0.05, 0.1) is 0 Å². The highest BCUT2D eigenvalue weighted by Gasteiger charge is 2.31. The van der Waals surface area contributed by atoms with E-state index in [1.165, 1.54) is 6.42 Å². The highest BCUT2D eigenvalue weighted by molar-refractivity contribution is 7.99. The first-order valence-corrected chi connectivity index (χ1v) is 6.85. The zero-order chi connectivity index (χ0) is 11.8. The first-order valence-electron chi connectivity index (χ1n) is 5.97. The Morgan fingerprint density at radius 2 is 2.24 bits per heavy atom. The molecule has 1 fully saturated rings. The summed E-state index contributed by atoms with van der Waals surface area (Å²) < 4.78 is 2.04. The van der Waals surface area contributed by atoms with Gasteiger partial charge in [0.25, 0.3) is 0 Å². The van der Waals surface area contributed by atoms with Gasteiger partial charge >= 0.3 is 0 Å². The predicted octanol–water partition coefficient (Wildman–Crippen LogP) is 1.95. The van der Waals surface area contributed by atoms with Crippen molar-refractivity contribution in [2.75, 3.05) is 0 Å². The minimum atomic E-state index is 0.340. The summed E-state index contributed by atoms with van der Waals surface area (Å²) in [6, 6.07) is 6.30. The number of nitrogens with zero attached hydrogens (tertiary/aromatic N) is 3. The Balaban J connectivity index is 1.86. The van der Waals surface area contributed by atoms with Crippen LogP contribution in [0.4, 0.5) is 0 Å². The fourth-order valence-corrected chi connectivity index (χ4v) is 3.66. The van der Waals surface area contributed by atoms with E-state index >= 15 is 0 Å². The summed E-state index contributed by atoms with van der Waals surface area (Å²) >= 11 is 1.81. The van der Waals surface area contributed by atoms with E-state index in [1.807, 2.05) is 40.6 Å². The van der Waals surface area contributed by atoms with Gasteiger partial charge < -0.3 is 5.73 Å². The number of thioether (sulfide) groups is 1. The number of pyridine rings is 1. The summed E-state index contributed by atoms with van der Waals surface area (Å²) in [7, 11) is 0. The molecule has 17 heavy (non-hydrogen) atoms. The van der Waals surface area contributed by atoms with E-state index in [0.717, 1.165) is 17.2 Å². The number of hydrogen-bond acceptors (Lipinski definition) is 4. The summed E-state index contributed by atoms with van der Waals surface area (Å²) in [6.07, 6.45) is 4.31.